The lowest BCUT2D eigenvalue weighted by atomic mass is 10.1. The molecule has 0 unspecified atom stereocenters. The van der Waals surface area contributed by atoms with Crippen molar-refractivity contribution in [3.05, 3.63) is 59.5 Å². The number of hydrogen-bond donors (Lipinski definition) is 1. The summed E-state index contributed by atoms with van der Waals surface area (Å²) < 4.78 is 5.15. The summed E-state index contributed by atoms with van der Waals surface area (Å²) in [6.45, 7) is 2.06. The van der Waals surface area contributed by atoms with Gasteiger partial charge in [0.1, 0.15) is 5.75 Å². The van der Waals surface area contributed by atoms with Crippen molar-refractivity contribution < 1.29 is 9.53 Å². The average molecular weight is 399 g/mol. The van der Waals surface area contributed by atoms with Crippen molar-refractivity contribution in [3.63, 3.8) is 0 Å². The number of anilines is 1. The van der Waals surface area contributed by atoms with Crippen LogP contribution >= 0.6 is 23.1 Å². The number of aromatic nitrogens is 1. The van der Waals surface area contributed by atoms with Gasteiger partial charge in [0.2, 0.25) is 5.91 Å². The quantitative estimate of drug-likeness (QED) is 0.394. The Morgan fingerprint density at radius 3 is 2.59 bits per heavy atom. The second-order valence-electron chi connectivity index (χ2n) is 6.08. The Labute approximate surface area is 168 Å². The zero-order valence-electron chi connectivity index (χ0n) is 15.4. The van der Waals surface area contributed by atoms with Crippen LogP contribution in [0.2, 0.25) is 0 Å². The number of carbonyl (C=O) groups is 1. The molecular formula is C21H22N2O2S2. The van der Waals surface area contributed by atoms with E-state index < -0.39 is 0 Å². The first-order valence-electron chi connectivity index (χ1n) is 8.73. The van der Waals surface area contributed by atoms with Gasteiger partial charge in [0.05, 0.1) is 12.8 Å². The maximum Gasteiger partial charge on any atom is 0.226 e. The zero-order chi connectivity index (χ0) is 19.1. The van der Waals surface area contributed by atoms with Crippen molar-refractivity contribution in [2.45, 2.75) is 24.7 Å². The van der Waals surface area contributed by atoms with E-state index in [0.717, 1.165) is 29.2 Å². The van der Waals surface area contributed by atoms with E-state index in [-0.39, 0.29) is 5.91 Å². The molecule has 0 bridgehead atoms. The monoisotopic (exact) mass is 398 g/mol. The first-order valence-corrected chi connectivity index (χ1v) is 10.6. The van der Waals surface area contributed by atoms with E-state index in [9.17, 15) is 4.79 Å². The number of rotatable bonds is 8. The van der Waals surface area contributed by atoms with E-state index in [1.54, 1.807) is 18.9 Å². The predicted molar refractivity (Wildman–Crippen MR) is 114 cm³/mol. The van der Waals surface area contributed by atoms with Crippen LogP contribution in [0.1, 0.15) is 18.4 Å². The van der Waals surface area contributed by atoms with Crippen molar-refractivity contribution >= 4 is 34.1 Å². The fraction of sp³-hybridized carbons (Fsp3) is 0.238. The average Bonchev–Trinajstić information content (AvgIpc) is 3.14. The van der Waals surface area contributed by atoms with Gasteiger partial charge in [-0.15, -0.1) is 23.1 Å². The van der Waals surface area contributed by atoms with Gasteiger partial charge in [-0.3, -0.25) is 4.79 Å². The number of carbonyl (C=O) groups excluding carboxylic acids is 1. The third kappa shape index (κ3) is 5.84. The Kier molecular flexibility index (Phi) is 6.90. The summed E-state index contributed by atoms with van der Waals surface area (Å²) in [4.78, 5) is 17.8. The SMILES string of the molecule is COc1ccc(SCCCC(=O)Nc2nc(-c3ccc(C)cc3)cs2)cc1. The molecule has 1 amide bonds. The van der Waals surface area contributed by atoms with Crippen molar-refractivity contribution in [1.82, 2.24) is 4.98 Å². The van der Waals surface area contributed by atoms with E-state index in [0.29, 0.717) is 11.6 Å². The molecule has 1 N–H and O–H groups in total. The molecule has 0 spiro atoms. The maximum atomic E-state index is 12.1. The third-order valence-electron chi connectivity index (χ3n) is 3.97. The van der Waals surface area contributed by atoms with Gasteiger partial charge in [0.25, 0.3) is 0 Å². The topological polar surface area (TPSA) is 51.2 Å². The molecule has 1 heterocycles. The summed E-state index contributed by atoms with van der Waals surface area (Å²) in [6.07, 6.45) is 1.31. The number of hydrogen-bond acceptors (Lipinski definition) is 5. The van der Waals surface area contributed by atoms with Gasteiger partial charge < -0.3 is 10.1 Å². The van der Waals surface area contributed by atoms with Gasteiger partial charge in [-0.25, -0.2) is 4.98 Å². The lowest BCUT2D eigenvalue weighted by Crippen LogP contribution is -2.11. The number of benzene rings is 2. The first-order chi connectivity index (χ1) is 13.1. The molecular weight excluding hydrogens is 376 g/mol. The predicted octanol–water partition coefficient (Wildman–Crippen LogP) is 5.64. The van der Waals surface area contributed by atoms with E-state index in [1.807, 2.05) is 41.8 Å². The molecule has 3 rings (SSSR count). The van der Waals surface area contributed by atoms with Crippen LogP contribution in [0.15, 0.2) is 58.8 Å². The van der Waals surface area contributed by atoms with Gasteiger partial charge in [-0.05, 0) is 43.4 Å². The highest BCUT2D eigenvalue weighted by Crippen LogP contribution is 2.26. The largest absolute Gasteiger partial charge is 0.497 e. The van der Waals surface area contributed by atoms with Crippen molar-refractivity contribution in [3.8, 4) is 17.0 Å². The number of thiazole rings is 1. The van der Waals surface area contributed by atoms with Crippen LogP contribution in [-0.4, -0.2) is 23.8 Å². The number of methoxy groups -OCH3 is 1. The molecule has 4 nitrogen and oxygen atoms in total. The second-order valence-corrected chi connectivity index (χ2v) is 8.11. The molecule has 0 aliphatic carbocycles. The number of ether oxygens (including phenoxy) is 1. The van der Waals surface area contributed by atoms with Crippen LogP contribution in [-0.2, 0) is 4.79 Å². The zero-order valence-corrected chi connectivity index (χ0v) is 17.0. The molecule has 6 heteroatoms. The summed E-state index contributed by atoms with van der Waals surface area (Å²) >= 11 is 3.20. The molecule has 0 fully saturated rings. The Hall–Kier alpha value is -2.31. The number of nitrogens with one attached hydrogen (secondary N) is 1. The second kappa shape index (κ2) is 9.58. The minimum absolute atomic E-state index is 0.00939. The molecule has 1 aromatic heterocycles. The summed E-state index contributed by atoms with van der Waals surface area (Å²) in [5.74, 6) is 1.76. The number of nitrogens with zero attached hydrogens (tertiary/aromatic N) is 1. The lowest BCUT2D eigenvalue weighted by Gasteiger charge is -2.04. The molecule has 140 valence electrons. The highest BCUT2D eigenvalue weighted by atomic mass is 32.2. The van der Waals surface area contributed by atoms with Crippen molar-refractivity contribution in [2.75, 3.05) is 18.2 Å². The maximum absolute atomic E-state index is 12.1. The lowest BCUT2D eigenvalue weighted by molar-refractivity contribution is -0.116. The van der Waals surface area contributed by atoms with Gasteiger partial charge >= 0.3 is 0 Å². The number of amides is 1. The minimum Gasteiger partial charge on any atom is -0.497 e. The summed E-state index contributed by atoms with van der Waals surface area (Å²) in [7, 11) is 1.66. The van der Waals surface area contributed by atoms with E-state index >= 15 is 0 Å². The molecule has 0 radical (unpaired) electrons. The van der Waals surface area contributed by atoms with E-state index in [1.165, 1.54) is 21.8 Å². The molecule has 0 atom stereocenters. The molecule has 2 aromatic carbocycles. The van der Waals surface area contributed by atoms with E-state index in [4.69, 9.17) is 4.74 Å². The normalized spacial score (nSPS) is 10.6. The standard InChI is InChI=1S/C21H22N2O2S2/c1-15-5-7-16(8-6-15)19-14-27-21(22-19)23-20(24)4-3-13-26-18-11-9-17(25-2)10-12-18/h5-12,14H,3-4,13H2,1-2H3,(H,22,23,24). The smallest absolute Gasteiger partial charge is 0.226 e. The van der Waals surface area contributed by atoms with Crippen LogP contribution in [0.4, 0.5) is 5.13 Å². The van der Waals surface area contributed by atoms with Crippen LogP contribution in [0.3, 0.4) is 0 Å². The van der Waals surface area contributed by atoms with Gasteiger partial charge in [-0.1, -0.05) is 29.8 Å². The fourth-order valence-corrected chi connectivity index (χ4v) is 4.05. The molecule has 3 aromatic rings. The van der Waals surface area contributed by atoms with E-state index in [2.05, 4.69) is 29.4 Å². The van der Waals surface area contributed by atoms with Crippen LogP contribution < -0.4 is 10.1 Å². The van der Waals surface area contributed by atoms with Crippen LogP contribution in [0, 0.1) is 6.92 Å². The highest BCUT2D eigenvalue weighted by Gasteiger charge is 2.08. The summed E-state index contributed by atoms with van der Waals surface area (Å²) in [6, 6.07) is 16.2. The van der Waals surface area contributed by atoms with Crippen molar-refractivity contribution in [1.29, 1.82) is 0 Å². The Bertz CT molecular complexity index is 874. The van der Waals surface area contributed by atoms with Crippen molar-refractivity contribution in [2.24, 2.45) is 0 Å². The third-order valence-corrected chi connectivity index (χ3v) is 5.83. The van der Waals surface area contributed by atoms with Gasteiger partial charge in [0, 0.05) is 22.3 Å². The summed E-state index contributed by atoms with van der Waals surface area (Å²) in [5.41, 5.74) is 3.17. The van der Waals surface area contributed by atoms with Crippen LogP contribution in [0.5, 0.6) is 5.75 Å². The highest BCUT2D eigenvalue weighted by molar-refractivity contribution is 7.99. The number of thioether (sulfide) groups is 1. The van der Waals surface area contributed by atoms with Gasteiger partial charge in [-0.2, -0.15) is 0 Å². The Morgan fingerprint density at radius 2 is 1.89 bits per heavy atom. The Morgan fingerprint density at radius 1 is 1.15 bits per heavy atom. The van der Waals surface area contributed by atoms with Crippen LogP contribution in [0.25, 0.3) is 11.3 Å². The molecule has 0 aliphatic heterocycles. The minimum atomic E-state index is 0.00939. The fourth-order valence-electron chi connectivity index (χ4n) is 2.46. The molecule has 27 heavy (non-hydrogen) atoms. The molecule has 0 aliphatic rings. The van der Waals surface area contributed by atoms with Gasteiger partial charge in [0.15, 0.2) is 5.13 Å². The number of aryl methyl sites for hydroxylation is 1. The molecule has 0 saturated carbocycles. The summed E-state index contributed by atoms with van der Waals surface area (Å²) in [5, 5.41) is 5.52. The molecule has 0 saturated heterocycles. The Balaban J connectivity index is 1.42. The first kappa shape index (κ1) is 19.5.